The van der Waals surface area contributed by atoms with E-state index >= 15 is 0 Å². The van der Waals surface area contributed by atoms with E-state index in [2.05, 4.69) is 10.3 Å². The summed E-state index contributed by atoms with van der Waals surface area (Å²) in [5.74, 6) is -0.853. The number of aromatic nitrogens is 2. The molecular weight excluding hydrogens is 368 g/mol. The third-order valence-electron chi connectivity index (χ3n) is 5.46. The number of fused-ring (bicyclic) bond motifs is 1. The van der Waals surface area contributed by atoms with Crippen LogP contribution in [0.5, 0.6) is 0 Å². The van der Waals surface area contributed by atoms with Gasteiger partial charge in [-0.2, -0.15) is 0 Å². The van der Waals surface area contributed by atoms with Gasteiger partial charge in [-0.1, -0.05) is 30.3 Å². The molecule has 1 fully saturated rings. The maximum absolute atomic E-state index is 12.8. The summed E-state index contributed by atoms with van der Waals surface area (Å²) in [5, 5.41) is 2.32. The molecule has 1 saturated heterocycles. The van der Waals surface area contributed by atoms with E-state index in [4.69, 9.17) is 0 Å². The topological polar surface area (TPSA) is 84.3 Å². The first-order chi connectivity index (χ1) is 14.1. The van der Waals surface area contributed by atoms with Gasteiger partial charge >= 0.3 is 0 Å². The van der Waals surface area contributed by atoms with Crippen LogP contribution in [0.15, 0.2) is 61.1 Å². The van der Waals surface area contributed by atoms with E-state index in [-0.39, 0.29) is 18.2 Å². The standard InChI is InChI=1S/C22H18N4O3/c27-20-9-8-19(21(28)24-20)26-11-15-10-16(6-7-17(15)22(26)29)25-12-18(23-13-25)14-4-2-1-3-5-14/h1-7,10,12-13,19H,8-9,11H2,(H,24,27,28). The summed E-state index contributed by atoms with van der Waals surface area (Å²) in [7, 11) is 0. The molecule has 1 N–H and O–H groups in total. The Bertz CT molecular complexity index is 1140. The maximum Gasteiger partial charge on any atom is 0.255 e. The van der Waals surface area contributed by atoms with Crippen LogP contribution in [0.25, 0.3) is 16.9 Å². The fourth-order valence-electron chi connectivity index (χ4n) is 3.94. The number of rotatable bonds is 3. The molecule has 0 spiro atoms. The van der Waals surface area contributed by atoms with Crippen molar-refractivity contribution >= 4 is 17.7 Å². The molecule has 1 atom stereocenters. The molecule has 3 heterocycles. The number of nitrogens with zero attached hydrogens (tertiary/aromatic N) is 3. The second-order valence-electron chi connectivity index (χ2n) is 7.27. The molecule has 144 valence electrons. The minimum atomic E-state index is -0.603. The lowest BCUT2D eigenvalue weighted by atomic mass is 10.0. The summed E-state index contributed by atoms with van der Waals surface area (Å²) in [4.78, 5) is 42.4. The van der Waals surface area contributed by atoms with Crippen molar-refractivity contribution in [3.05, 3.63) is 72.2 Å². The molecule has 1 aromatic heterocycles. The molecule has 1 unspecified atom stereocenters. The molecule has 29 heavy (non-hydrogen) atoms. The number of hydrogen-bond donors (Lipinski definition) is 1. The first-order valence-corrected chi connectivity index (χ1v) is 9.47. The molecule has 5 rings (SSSR count). The summed E-state index contributed by atoms with van der Waals surface area (Å²) in [6.07, 6.45) is 4.31. The van der Waals surface area contributed by atoms with E-state index in [9.17, 15) is 14.4 Å². The molecule has 2 aliphatic heterocycles. The Morgan fingerprint density at radius 2 is 1.86 bits per heavy atom. The van der Waals surface area contributed by atoms with Gasteiger partial charge in [-0.25, -0.2) is 4.98 Å². The van der Waals surface area contributed by atoms with Crippen LogP contribution >= 0.6 is 0 Å². The Balaban J connectivity index is 1.41. The smallest absolute Gasteiger partial charge is 0.255 e. The van der Waals surface area contributed by atoms with E-state index in [1.807, 2.05) is 53.2 Å². The van der Waals surface area contributed by atoms with E-state index in [1.165, 1.54) is 0 Å². The lowest BCUT2D eigenvalue weighted by molar-refractivity contribution is -0.136. The van der Waals surface area contributed by atoms with Gasteiger partial charge in [0.1, 0.15) is 6.04 Å². The van der Waals surface area contributed by atoms with Crippen molar-refractivity contribution in [2.75, 3.05) is 0 Å². The van der Waals surface area contributed by atoms with E-state index < -0.39 is 11.9 Å². The summed E-state index contributed by atoms with van der Waals surface area (Å²) >= 11 is 0. The number of piperidine rings is 1. The van der Waals surface area contributed by atoms with Crippen LogP contribution in [-0.2, 0) is 16.1 Å². The highest BCUT2D eigenvalue weighted by atomic mass is 16.2. The van der Waals surface area contributed by atoms with Crippen molar-refractivity contribution in [3.8, 4) is 16.9 Å². The number of carbonyl (C=O) groups excluding carboxylic acids is 3. The van der Waals surface area contributed by atoms with Crippen molar-refractivity contribution in [1.82, 2.24) is 19.8 Å². The Hall–Kier alpha value is -3.74. The minimum absolute atomic E-state index is 0.170. The Labute approximate surface area is 167 Å². The zero-order valence-corrected chi connectivity index (χ0v) is 15.5. The van der Waals surface area contributed by atoms with Gasteiger partial charge < -0.3 is 9.47 Å². The number of imidazole rings is 1. The maximum atomic E-state index is 12.8. The zero-order valence-electron chi connectivity index (χ0n) is 15.5. The third-order valence-corrected chi connectivity index (χ3v) is 5.46. The van der Waals surface area contributed by atoms with Crippen molar-refractivity contribution in [1.29, 1.82) is 0 Å². The number of imide groups is 1. The first-order valence-electron chi connectivity index (χ1n) is 9.47. The quantitative estimate of drug-likeness (QED) is 0.700. The summed E-state index contributed by atoms with van der Waals surface area (Å²) in [5.41, 5.74) is 4.27. The summed E-state index contributed by atoms with van der Waals surface area (Å²) in [6, 6.07) is 14.9. The average Bonchev–Trinajstić information content (AvgIpc) is 3.34. The van der Waals surface area contributed by atoms with E-state index in [1.54, 1.807) is 17.3 Å². The molecule has 0 saturated carbocycles. The summed E-state index contributed by atoms with van der Waals surface area (Å²) in [6.45, 7) is 0.356. The predicted molar refractivity (Wildman–Crippen MR) is 105 cm³/mol. The van der Waals surface area contributed by atoms with Crippen LogP contribution in [0.1, 0.15) is 28.8 Å². The average molecular weight is 386 g/mol. The molecule has 0 bridgehead atoms. The number of hydrogen-bond acceptors (Lipinski definition) is 4. The molecule has 7 heteroatoms. The van der Waals surface area contributed by atoms with Gasteiger partial charge in [0.15, 0.2) is 0 Å². The molecule has 0 aliphatic carbocycles. The largest absolute Gasteiger partial charge is 0.322 e. The van der Waals surface area contributed by atoms with Gasteiger partial charge in [0.05, 0.1) is 12.0 Å². The van der Waals surface area contributed by atoms with Gasteiger partial charge in [-0.3, -0.25) is 19.7 Å². The van der Waals surface area contributed by atoms with E-state index in [0.29, 0.717) is 18.5 Å². The fourth-order valence-corrected chi connectivity index (χ4v) is 3.94. The Kier molecular flexibility index (Phi) is 4.01. The number of benzene rings is 2. The van der Waals surface area contributed by atoms with Crippen LogP contribution < -0.4 is 5.32 Å². The Morgan fingerprint density at radius 1 is 1.03 bits per heavy atom. The van der Waals surface area contributed by atoms with E-state index in [0.717, 1.165) is 22.5 Å². The van der Waals surface area contributed by atoms with Crippen molar-refractivity contribution < 1.29 is 14.4 Å². The lowest BCUT2D eigenvalue weighted by Crippen LogP contribution is -2.52. The summed E-state index contributed by atoms with van der Waals surface area (Å²) < 4.78 is 1.92. The predicted octanol–water partition coefficient (Wildman–Crippen LogP) is 2.30. The molecule has 7 nitrogen and oxygen atoms in total. The van der Waals surface area contributed by atoms with Crippen molar-refractivity contribution in [2.24, 2.45) is 0 Å². The first kappa shape index (κ1) is 17.4. The van der Waals surface area contributed by atoms with Crippen LogP contribution in [0.4, 0.5) is 0 Å². The second-order valence-corrected chi connectivity index (χ2v) is 7.27. The minimum Gasteiger partial charge on any atom is -0.322 e. The molecular formula is C22H18N4O3. The molecule has 2 aliphatic rings. The monoisotopic (exact) mass is 386 g/mol. The van der Waals surface area contributed by atoms with Crippen LogP contribution in [0, 0.1) is 0 Å². The van der Waals surface area contributed by atoms with Crippen LogP contribution in [0.2, 0.25) is 0 Å². The molecule has 2 aromatic carbocycles. The van der Waals surface area contributed by atoms with Crippen LogP contribution in [-0.4, -0.2) is 38.2 Å². The van der Waals surface area contributed by atoms with Crippen LogP contribution in [0.3, 0.4) is 0 Å². The van der Waals surface area contributed by atoms with Gasteiger partial charge in [0.2, 0.25) is 11.8 Å². The number of nitrogens with one attached hydrogen (secondary N) is 1. The fraction of sp³-hybridized carbons (Fsp3) is 0.182. The SMILES string of the molecule is O=C1CCC(N2Cc3cc(-n4cnc(-c5ccccc5)c4)ccc3C2=O)C(=O)N1. The lowest BCUT2D eigenvalue weighted by Gasteiger charge is -2.29. The van der Waals surface area contributed by atoms with Crippen molar-refractivity contribution in [2.45, 2.75) is 25.4 Å². The zero-order chi connectivity index (χ0) is 20.0. The highest BCUT2D eigenvalue weighted by Crippen LogP contribution is 2.29. The highest BCUT2D eigenvalue weighted by molar-refractivity contribution is 6.05. The normalized spacial score (nSPS) is 18.7. The van der Waals surface area contributed by atoms with Gasteiger partial charge in [0, 0.05) is 36.0 Å². The number of amides is 3. The van der Waals surface area contributed by atoms with Gasteiger partial charge in [-0.15, -0.1) is 0 Å². The highest BCUT2D eigenvalue weighted by Gasteiger charge is 2.39. The second kappa shape index (κ2) is 6.70. The Morgan fingerprint density at radius 3 is 2.66 bits per heavy atom. The third kappa shape index (κ3) is 3.00. The van der Waals surface area contributed by atoms with Crippen molar-refractivity contribution in [3.63, 3.8) is 0 Å². The molecule has 3 aromatic rings. The molecule has 3 amide bonds. The molecule has 0 radical (unpaired) electrons. The van der Waals surface area contributed by atoms with Gasteiger partial charge in [-0.05, 0) is 30.2 Å². The number of carbonyl (C=O) groups is 3. The van der Waals surface area contributed by atoms with Gasteiger partial charge in [0.25, 0.3) is 5.91 Å².